The first kappa shape index (κ1) is 15.7. The van der Waals surface area contributed by atoms with Crippen molar-refractivity contribution in [1.29, 1.82) is 0 Å². The number of carbonyl (C=O) groups is 1. The summed E-state index contributed by atoms with van der Waals surface area (Å²) in [6.45, 7) is 0.355. The quantitative estimate of drug-likeness (QED) is 0.781. The average Bonchev–Trinajstić information content (AvgIpc) is 2.65. The molecule has 2 aromatic carbocycles. The van der Waals surface area contributed by atoms with Crippen LogP contribution in [0, 0.1) is 0 Å². The van der Waals surface area contributed by atoms with Crippen molar-refractivity contribution < 1.29 is 14.3 Å². The van der Waals surface area contributed by atoms with Crippen LogP contribution in [0.1, 0.15) is 16.1 Å². The number of methoxy groups -OCH3 is 2. The fourth-order valence-electron chi connectivity index (χ4n) is 2.36. The van der Waals surface area contributed by atoms with E-state index in [0.29, 0.717) is 18.0 Å². The summed E-state index contributed by atoms with van der Waals surface area (Å²) in [5, 5.41) is 11.7. The normalized spacial score (nSPS) is 10.4. The van der Waals surface area contributed by atoms with Crippen molar-refractivity contribution in [2.75, 3.05) is 14.2 Å². The summed E-state index contributed by atoms with van der Waals surface area (Å²) in [6, 6.07) is 14.8. The molecule has 0 radical (unpaired) electrons. The molecule has 0 saturated heterocycles. The molecule has 0 aliphatic rings. The Morgan fingerprint density at radius 1 is 1.00 bits per heavy atom. The second-order valence-corrected chi connectivity index (χ2v) is 5.16. The molecule has 122 valence electrons. The standard InChI is InChI=1S/C18H17N3O3/c1-23-16-8-7-12(9-17(16)24-2)11-19-18(22)15-10-13-5-3-4-6-14(13)20-21-15/h3-10H,11H2,1-2H3,(H,19,22). The minimum atomic E-state index is -0.275. The van der Waals surface area contributed by atoms with Crippen LogP contribution in [0.3, 0.4) is 0 Å². The molecule has 0 spiro atoms. The molecule has 1 N–H and O–H groups in total. The number of fused-ring (bicyclic) bond motifs is 1. The summed E-state index contributed by atoms with van der Waals surface area (Å²) >= 11 is 0. The highest BCUT2D eigenvalue weighted by molar-refractivity contribution is 5.95. The summed E-state index contributed by atoms with van der Waals surface area (Å²) < 4.78 is 10.5. The van der Waals surface area contributed by atoms with E-state index in [1.807, 2.05) is 36.4 Å². The maximum atomic E-state index is 12.3. The number of ether oxygens (including phenoxy) is 2. The van der Waals surface area contributed by atoms with Gasteiger partial charge in [0.25, 0.3) is 5.91 Å². The molecule has 0 aliphatic heterocycles. The maximum absolute atomic E-state index is 12.3. The van der Waals surface area contributed by atoms with Crippen molar-refractivity contribution in [2.45, 2.75) is 6.54 Å². The molecule has 24 heavy (non-hydrogen) atoms. The Labute approximate surface area is 139 Å². The third-order valence-electron chi connectivity index (χ3n) is 3.63. The highest BCUT2D eigenvalue weighted by Gasteiger charge is 2.10. The van der Waals surface area contributed by atoms with Gasteiger partial charge in [-0.15, -0.1) is 10.2 Å². The highest BCUT2D eigenvalue weighted by atomic mass is 16.5. The highest BCUT2D eigenvalue weighted by Crippen LogP contribution is 2.27. The molecule has 3 rings (SSSR count). The van der Waals surface area contributed by atoms with Crippen LogP contribution in [0.15, 0.2) is 48.5 Å². The summed E-state index contributed by atoms with van der Waals surface area (Å²) in [6.07, 6.45) is 0. The van der Waals surface area contributed by atoms with Gasteiger partial charge in [0, 0.05) is 11.9 Å². The zero-order valence-electron chi connectivity index (χ0n) is 13.4. The Morgan fingerprint density at radius 3 is 2.58 bits per heavy atom. The van der Waals surface area contributed by atoms with Gasteiger partial charge in [0.1, 0.15) is 0 Å². The van der Waals surface area contributed by atoms with E-state index in [1.165, 1.54) is 0 Å². The van der Waals surface area contributed by atoms with Crippen LogP contribution in [-0.2, 0) is 6.54 Å². The number of rotatable bonds is 5. The number of aromatic nitrogens is 2. The fourth-order valence-corrected chi connectivity index (χ4v) is 2.36. The number of hydrogen-bond donors (Lipinski definition) is 1. The van der Waals surface area contributed by atoms with Crippen LogP contribution in [0.2, 0.25) is 0 Å². The minimum absolute atomic E-state index is 0.275. The van der Waals surface area contributed by atoms with Gasteiger partial charge in [0.2, 0.25) is 0 Å². The molecule has 0 atom stereocenters. The smallest absolute Gasteiger partial charge is 0.272 e. The molecular weight excluding hydrogens is 306 g/mol. The lowest BCUT2D eigenvalue weighted by atomic mass is 10.2. The van der Waals surface area contributed by atoms with Crippen molar-refractivity contribution in [2.24, 2.45) is 0 Å². The number of carbonyl (C=O) groups excluding carboxylic acids is 1. The molecule has 3 aromatic rings. The molecule has 0 fully saturated rings. The molecule has 0 unspecified atom stereocenters. The summed E-state index contributed by atoms with van der Waals surface area (Å²) in [5.41, 5.74) is 1.94. The van der Waals surface area contributed by atoms with Gasteiger partial charge >= 0.3 is 0 Å². The number of nitrogens with one attached hydrogen (secondary N) is 1. The largest absolute Gasteiger partial charge is 0.493 e. The van der Waals surface area contributed by atoms with Gasteiger partial charge in [-0.3, -0.25) is 4.79 Å². The molecule has 0 bridgehead atoms. The Hall–Kier alpha value is -3.15. The van der Waals surface area contributed by atoms with Crippen LogP contribution in [0.4, 0.5) is 0 Å². The van der Waals surface area contributed by atoms with Crippen molar-refractivity contribution in [3.05, 3.63) is 59.8 Å². The molecule has 1 heterocycles. The number of amides is 1. The predicted octanol–water partition coefficient (Wildman–Crippen LogP) is 2.58. The first-order valence-corrected chi connectivity index (χ1v) is 7.43. The van der Waals surface area contributed by atoms with Crippen LogP contribution >= 0.6 is 0 Å². The van der Waals surface area contributed by atoms with E-state index >= 15 is 0 Å². The van der Waals surface area contributed by atoms with Crippen molar-refractivity contribution >= 4 is 16.8 Å². The second-order valence-electron chi connectivity index (χ2n) is 5.16. The lowest BCUT2D eigenvalue weighted by Crippen LogP contribution is -2.24. The SMILES string of the molecule is COc1ccc(CNC(=O)c2cc3ccccc3nn2)cc1OC. The van der Waals surface area contributed by atoms with Crippen LogP contribution < -0.4 is 14.8 Å². The lowest BCUT2D eigenvalue weighted by Gasteiger charge is -2.10. The number of benzene rings is 2. The van der Waals surface area contributed by atoms with E-state index in [-0.39, 0.29) is 11.6 Å². The molecule has 0 saturated carbocycles. The Balaban J connectivity index is 1.72. The Bertz CT molecular complexity index is 880. The maximum Gasteiger partial charge on any atom is 0.272 e. The van der Waals surface area contributed by atoms with Gasteiger partial charge in [0.15, 0.2) is 17.2 Å². The Kier molecular flexibility index (Phi) is 4.56. The van der Waals surface area contributed by atoms with Crippen LogP contribution in [0.25, 0.3) is 10.9 Å². The van der Waals surface area contributed by atoms with Gasteiger partial charge in [-0.1, -0.05) is 24.3 Å². The average molecular weight is 323 g/mol. The molecule has 6 heteroatoms. The van der Waals surface area contributed by atoms with Crippen molar-refractivity contribution in [1.82, 2.24) is 15.5 Å². The summed E-state index contributed by atoms with van der Waals surface area (Å²) in [5.74, 6) is 0.991. The van der Waals surface area contributed by atoms with Crippen molar-refractivity contribution in [3.8, 4) is 11.5 Å². The first-order chi connectivity index (χ1) is 11.7. The minimum Gasteiger partial charge on any atom is -0.493 e. The van der Waals surface area contributed by atoms with E-state index < -0.39 is 0 Å². The van der Waals surface area contributed by atoms with Gasteiger partial charge in [-0.05, 0) is 29.8 Å². The lowest BCUT2D eigenvalue weighted by molar-refractivity contribution is 0.0945. The van der Waals surface area contributed by atoms with Crippen LogP contribution in [0.5, 0.6) is 11.5 Å². The predicted molar refractivity (Wildman–Crippen MR) is 90.3 cm³/mol. The van der Waals surface area contributed by atoms with Gasteiger partial charge in [-0.2, -0.15) is 0 Å². The third kappa shape index (κ3) is 3.27. The first-order valence-electron chi connectivity index (χ1n) is 7.43. The van der Waals surface area contributed by atoms with Gasteiger partial charge in [-0.25, -0.2) is 0 Å². The number of hydrogen-bond acceptors (Lipinski definition) is 5. The van der Waals surface area contributed by atoms with Crippen molar-refractivity contribution in [3.63, 3.8) is 0 Å². The van der Waals surface area contributed by atoms with E-state index in [4.69, 9.17) is 9.47 Å². The second kappa shape index (κ2) is 6.95. The molecule has 0 aliphatic carbocycles. The number of nitrogens with zero attached hydrogens (tertiary/aromatic N) is 2. The Morgan fingerprint density at radius 2 is 1.79 bits per heavy atom. The monoisotopic (exact) mass is 323 g/mol. The fraction of sp³-hybridized carbons (Fsp3) is 0.167. The zero-order chi connectivity index (χ0) is 16.9. The summed E-state index contributed by atoms with van der Waals surface area (Å²) in [4.78, 5) is 12.3. The van der Waals surface area contributed by atoms with E-state index in [9.17, 15) is 4.79 Å². The molecule has 6 nitrogen and oxygen atoms in total. The molecular formula is C18H17N3O3. The van der Waals surface area contributed by atoms with Gasteiger partial charge in [0.05, 0.1) is 19.7 Å². The molecule has 1 amide bonds. The van der Waals surface area contributed by atoms with Crippen LogP contribution in [-0.4, -0.2) is 30.3 Å². The summed E-state index contributed by atoms with van der Waals surface area (Å²) in [7, 11) is 3.16. The topological polar surface area (TPSA) is 73.3 Å². The van der Waals surface area contributed by atoms with E-state index in [0.717, 1.165) is 16.5 Å². The molecule has 1 aromatic heterocycles. The van der Waals surface area contributed by atoms with E-state index in [2.05, 4.69) is 15.5 Å². The van der Waals surface area contributed by atoms with E-state index in [1.54, 1.807) is 26.4 Å². The van der Waals surface area contributed by atoms with Gasteiger partial charge < -0.3 is 14.8 Å². The third-order valence-corrected chi connectivity index (χ3v) is 3.63. The zero-order valence-corrected chi connectivity index (χ0v) is 13.4.